The van der Waals surface area contributed by atoms with Crippen molar-refractivity contribution in [3.8, 4) is 0 Å². The van der Waals surface area contributed by atoms with E-state index < -0.39 is 5.97 Å². The van der Waals surface area contributed by atoms with Crippen molar-refractivity contribution < 1.29 is 14.4 Å². The van der Waals surface area contributed by atoms with Crippen LogP contribution >= 0.6 is 0 Å². The van der Waals surface area contributed by atoms with Crippen molar-refractivity contribution in [1.82, 2.24) is 0 Å². The predicted molar refractivity (Wildman–Crippen MR) is 91.9 cm³/mol. The second-order valence-electron chi connectivity index (χ2n) is 7.20. The van der Waals surface area contributed by atoms with Crippen LogP contribution in [0.5, 0.6) is 0 Å². The topological polar surface area (TPSA) is 37.3 Å². The van der Waals surface area contributed by atoms with Crippen LogP contribution in [0.2, 0.25) is 0 Å². The first kappa shape index (κ1) is 18.7. The van der Waals surface area contributed by atoms with Gasteiger partial charge in [0.2, 0.25) is 0 Å². The first-order chi connectivity index (χ1) is 10.4. The van der Waals surface area contributed by atoms with Crippen molar-refractivity contribution in [2.75, 3.05) is 21.1 Å². The van der Waals surface area contributed by atoms with E-state index in [0.717, 1.165) is 19.3 Å². The van der Waals surface area contributed by atoms with Gasteiger partial charge in [-0.3, -0.25) is 0 Å². The molecule has 0 saturated carbocycles. The summed E-state index contributed by atoms with van der Waals surface area (Å²) in [5.74, 6) is -0.499. The molecule has 0 heterocycles. The van der Waals surface area contributed by atoms with E-state index in [9.17, 15) is 9.90 Å². The molecule has 124 valence electrons. The van der Waals surface area contributed by atoms with E-state index in [0.29, 0.717) is 4.48 Å². The van der Waals surface area contributed by atoms with Gasteiger partial charge in [0.05, 0.1) is 21.1 Å². The lowest BCUT2D eigenvalue weighted by molar-refractivity contribution is -0.891. The summed E-state index contributed by atoms with van der Waals surface area (Å²) in [4.78, 5) is 11.9. The Bertz CT molecular complexity index is 436. The van der Waals surface area contributed by atoms with E-state index >= 15 is 0 Å². The van der Waals surface area contributed by atoms with Crippen LogP contribution in [-0.2, 0) is 11.2 Å². The lowest BCUT2D eigenvalue weighted by Crippen LogP contribution is -2.54. The molecule has 0 radical (unpaired) electrons. The van der Waals surface area contributed by atoms with Crippen molar-refractivity contribution in [3.05, 3.63) is 35.9 Å². The fourth-order valence-electron chi connectivity index (χ4n) is 3.29. The quantitative estimate of drug-likeness (QED) is 0.524. The lowest BCUT2D eigenvalue weighted by Gasteiger charge is -2.36. The lowest BCUT2D eigenvalue weighted by atomic mass is 9.86. The highest BCUT2D eigenvalue weighted by Gasteiger charge is 2.38. The molecular formula is C19H32NO2+. The normalized spacial score (nSPS) is 14.5. The van der Waals surface area contributed by atoms with Gasteiger partial charge in [-0.2, -0.15) is 0 Å². The molecule has 0 aliphatic rings. The van der Waals surface area contributed by atoms with Gasteiger partial charge >= 0.3 is 5.97 Å². The van der Waals surface area contributed by atoms with E-state index in [-0.39, 0.29) is 12.0 Å². The number of carbonyl (C=O) groups is 1. The standard InChI is InChI=1S/C19H31NO2/c1-5-6-7-11-14-17(15-16-12-9-8-10-13-16)18(19(21)22)20(2,3)4/h8-10,12-13,17-18H,5-7,11,14-15H2,1-4H3/p+1. The fraction of sp³-hybridized carbons (Fsp3) is 0.632. The van der Waals surface area contributed by atoms with Crippen molar-refractivity contribution >= 4 is 5.97 Å². The molecule has 0 saturated heterocycles. The summed E-state index contributed by atoms with van der Waals surface area (Å²) in [6.45, 7) is 2.20. The van der Waals surface area contributed by atoms with Gasteiger partial charge in [0.15, 0.2) is 6.04 Å². The molecule has 3 nitrogen and oxygen atoms in total. The number of nitrogens with zero attached hydrogens (tertiary/aromatic N) is 1. The summed E-state index contributed by atoms with van der Waals surface area (Å²) in [5, 5.41) is 9.74. The summed E-state index contributed by atoms with van der Waals surface area (Å²) >= 11 is 0. The molecule has 22 heavy (non-hydrogen) atoms. The van der Waals surface area contributed by atoms with Crippen LogP contribution in [0.25, 0.3) is 0 Å². The third kappa shape index (κ3) is 6.18. The van der Waals surface area contributed by atoms with Crippen LogP contribution in [0.1, 0.15) is 44.6 Å². The number of hydrogen-bond donors (Lipinski definition) is 1. The largest absolute Gasteiger partial charge is 0.477 e. The Morgan fingerprint density at radius 1 is 1.09 bits per heavy atom. The first-order valence-electron chi connectivity index (χ1n) is 8.44. The van der Waals surface area contributed by atoms with E-state index in [1.54, 1.807) is 0 Å². The zero-order valence-electron chi connectivity index (χ0n) is 14.6. The van der Waals surface area contributed by atoms with Crippen molar-refractivity contribution in [3.63, 3.8) is 0 Å². The number of carboxylic acid groups (broad SMARTS) is 1. The van der Waals surface area contributed by atoms with Crippen LogP contribution in [0.15, 0.2) is 30.3 Å². The average molecular weight is 306 g/mol. The molecule has 0 aromatic heterocycles. The van der Waals surface area contributed by atoms with E-state index in [2.05, 4.69) is 19.1 Å². The van der Waals surface area contributed by atoms with Crippen molar-refractivity contribution in [1.29, 1.82) is 0 Å². The molecule has 0 aliphatic heterocycles. The third-order valence-electron chi connectivity index (χ3n) is 4.30. The second-order valence-corrected chi connectivity index (χ2v) is 7.20. The number of likely N-dealkylation sites (N-methyl/N-ethyl adjacent to an activating group) is 1. The summed E-state index contributed by atoms with van der Waals surface area (Å²) < 4.78 is 0.473. The number of aliphatic carboxylic acids is 1. The first-order valence-corrected chi connectivity index (χ1v) is 8.44. The maximum atomic E-state index is 11.9. The number of benzene rings is 1. The van der Waals surface area contributed by atoms with Gasteiger partial charge < -0.3 is 9.59 Å². The molecular weight excluding hydrogens is 274 g/mol. The predicted octanol–water partition coefficient (Wildman–Crippen LogP) is 3.98. The molecule has 0 bridgehead atoms. The van der Waals surface area contributed by atoms with Gasteiger partial charge in [-0.25, -0.2) is 4.79 Å². The van der Waals surface area contributed by atoms with Crippen LogP contribution < -0.4 is 0 Å². The number of rotatable bonds is 10. The minimum Gasteiger partial charge on any atom is -0.477 e. The highest BCUT2D eigenvalue weighted by Crippen LogP contribution is 2.25. The zero-order chi connectivity index (χ0) is 16.6. The summed E-state index contributed by atoms with van der Waals surface area (Å²) in [5.41, 5.74) is 1.24. The van der Waals surface area contributed by atoms with E-state index in [1.807, 2.05) is 39.3 Å². The summed E-state index contributed by atoms with van der Waals surface area (Å²) in [6, 6.07) is 9.92. The Kier molecular flexibility index (Phi) is 7.60. The van der Waals surface area contributed by atoms with Crippen LogP contribution in [0.3, 0.4) is 0 Å². The van der Waals surface area contributed by atoms with Gasteiger partial charge in [-0.15, -0.1) is 0 Å². The minimum atomic E-state index is -0.677. The molecule has 0 amide bonds. The van der Waals surface area contributed by atoms with Gasteiger partial charge in [0.1, 0.15) is 0 Å². The monoisotopic (exact) mass is 306 g/mol. The van der Waals surface area contributed by atoms with Gasteiger partial charge in [-0.1, -0.05) is 62.9 Å². The maximum Gasteiger partial charge on any atom is 0.362 e. The molecule has 3 heteroatoms. The second kappa shape index (κ2) is 8.94. The molecule has 0 spiro atoms. The number of unbranched alkanes of at least 4 members (excludes halogenated alkanes) is 3. The molecule has 1 aromatic carbocycles. The molecule has 1 N–H and O–H groups in total. The Morgan fingerprint density at radius 3 is 2.23 bits per heavy atom. The number of hydrogen-bond acceptors (Lipinski definition) is 1. The molecule has 2 atom stereocenters. The zero-order valence-corrected chi connectivity index (χ0v) is 14.6. The Morgan fingerprint density at radius 2 is 1.73 bits per heavy atom. The maximum absolute atomic E-state index is 11.9. The number of carboxylic acids is 1. The van der Waals surface area contributed by atoms with Crippen molar-refractivity contribution in [2.45, 2.75) is 51.5 Å². The molecule has 1 aromatic rings. The molecule has 1 rings (SSSR count). The fourth-order valence-corrected chi connectivity index (χ4v) is 3.29. The van der Waals surface area contributed by atoms with Crippen LogP contribution in [0.4, 0.5) is 0 Å². The van der Waals surface area contributed by atoms with Crippen LogP contribution in [0, 0.1) is 5.92 Å². The van der Waals surface area contributed by atoms with Crippen LogP contribution in [-0.4, -0.2) is 42.7 Å². The highest BCUT2D eigenvalue weighted by molar-refractivity contribution is 5.72. The van der Waals surface area contributed by atoms with E-state index in [1.165, 1.54) is 24.8 Å². The summed E-state index contributed by atoms with van der Waals surface area (Å²) in [7, 11) is 5.97. The van der Waals surface area contributed by atoms with Crippen molar-refractivity contribution in [2.24, 2.45) is 5.92 Å². The minimum absolute atomic E-state index is 0.178. The van der Waals surface area contributed by atoms with Gasteiger partial charge in [0.25, 0.3) is 0 Å². The SMILES string of the molecule is CCCCCCC(Cc1ccccc1)C(C(=O)O)[N+](C)(C)C. The Hall–Kier alpha value is -1.35. The summed E-state index contributed by atoms with van der Waals surface area (Å²) in [6.07, 6.45) is 6.60. The van der Waals surface area contributed by atoms with Gasteiger partial charge in [0, 0.05) is 5.92 Å². The Labute approximate surface area is 135 Å². The molecule has 0 fully saturated rings. The molecule has 0 aliphatic carbocycles. The highest BCUT2D eigenvalue weighted by atomic mass is 16.4. The molecule has 2 unspecified atom stereocenters. The Balaban J connectivity index is 2.86. The van der Waals surface area contributed by atoms with Gasteiger partial charge in [-0.05, 0) is 18.4 Å². The number of quaternary nitrogens is 1. The average Bonchev–Trinajstić information content (AvgIpc) is 2.42. The third-order valence-corrected chi connectivity index (χ3v) is 4.30. The van der Waals surface area contributed by atoms with E-state index in [4.69, 9.17) is 0 Å². The smallest absolute Gasteiger partial charge is 0.362 e.